The van der Waals surface area contributed by atoms with Gasteiger partial charge in [0.1, 0.15) is 12.6 Å². The molecule has 1 fully saturated rings. The Morgan fingerprint density at radius 2 is 2.19 bits per heavy atom. The second-order valence-electron chi connectivity index (χ2n) is 3.78. The lowest BCUT2D eigenvalue weighted by Crippen LogP contribution is -2.33. The van der Waals surface area contributed by atoms with Gasteiger partial charge in [-0.15, -0.1) is 0 Å². The molecule has 1 rings (SSSR count). The molecule has 0 unspecified atom stereocenters. The van der Waals surface area contributed by atoms with E-state index in [1.54, 1.807) is 7.11 Å². The van der Waals surface area contributed by atoms with Crippen LogP contribution in [0.15, 0.2) is 0 Å². The molecule has 16 heavy (non-hydrogen) atoms. The van der Waals surface area contributed by atoms with Gasteiger partial charge in [-0.05, 0) is 25.8 Å². The molecule has 5 heteroatoms. The highest BCUT2D eigenvalue weighted by molar-refractivity contribution is 5.76. The minimum atomic E-state index is -0.155. The highest BCUT2D eigenvalue weighted by Crippen LogP contribution is 2.06. The zero-order chi connectivity index (χ0) is 11.6. The SMILES string of the molecule is COCCCOCCOC(=O)[C@H]1CCCN1. The second kappa shape index (κ2) is 8.50. The number of hydrogen-bond donors (Lipinski definition) is 1. The van der Waals surface area contributed by atoms with E-state index in [-0.39, 0.29) is 12.0 Å². The molecular formula is C11H21NO4. The molecule has 1 aliphatic rings. The molecule has 0 aromatic carbocycles. The summed E-state index contributed by atoms with van der Waals surface area (Å²) in [6.45, 7) is 3.05. The van der Waals surface area contributed by atoms with Crippen LogP contribution in [0.25, 0.3) is 0 Å². The van der Waals surface area contributed by atoms with Gasteiger partial charge in [0, 0.05) is 20.3 Å². The molecule has 0 bridgehead atoms. The molecule has 0 spiro atoms. The van der Waals surface area contributed by atoms with Crippen LogP contribution in [0, 0.1) is 0 Å². The maximum atomic E-state index is 11.4. The Labute approximate surface area is 96.4 Å². The Morgan fingerprint density at radius 1 is 1.31 bits per heavy atom. The summed E-state index contributed by atoms with van der Waals surface area (Å²) in [5.41, 5.74) is 0. The van der Waals surface area contributed by atoms with Gasteiger partial charge >= 0.3 is 5.97 Å². The fourth-order valence-electron chi connectivity index (χ4n) is 1.59. The molecule has 1 atom stereocenters. The molecule has 94 valence electrons. The Balaban J connectivity index is 1.88. The first-order valence-corrected chi connectivity index (χ1v) is 5.81. The zero-order valence-corrected chi connectivity index (χ0v) is 9.87. The van der Waals surface area contributed by atoms with E-state index < -0.39 is 0 Å². The van der Waals surface area contributed by atoms with Gasteiger partial charge in [-0.1, -0.05) is 0 Å². The predicted molar refractivity (Wildman–Crippen MR) is 59.3 cm³/mol. The summed E-state index contributed by atoms with van der Waals surface area (Å²) in [4.78, 5) is 11.4. The topological polar surface area (TPSA) is 56.8 Å². The van der Waals surface area contributed by atoms with Gasteiger partial charge in [-0.25, -0.2) is 0 Å². The van der Waals surface area contributed by atoms with E-state index in [0.717, 1.165) is 25.8 Å². The summed E-state index contributed by atoms with van der Waals surface area (Å²) >= 11 is 0. The van der Waals surface area contributed by atoms with E-state index in [9.17, 15) is 4.79 Å². The minimum absolute atomic E-state index is 0.103. The largest absolute Gasteiger partial charge is 0.462 e. The minimum Gasteiger partial charge on any atom is -0.462 e. The van der Waals surface area contributed by atoms with Crippen LogP contribution in [0.3, 0.4) is 0 Å². The first-order chi connectivity index (χ1) is 7.84. The van der Waals surface area contributed by atoms with Crippen molar-refractivity contribution in [2.45, 2.75) is 25.3 Å². The van der Waals surface area contributed by atoms with E-state index in [1.165, 1.54) is 0 Å². The third kappa shape index (κ3) is 5.44. The number of rotatable bonds is 8. The lowest BCUT2D eigenvalue weighted by Gasteiger charge is -2.10. The summed E-state index contributed by atoms with van der Waals surface area (Å²) in [6, 6.07) is -0.103. The molecule has 1 saturated heterocycles. The van der Waals surface area contributed by atoms with E-state index in [2.05, 4.69) is 5.32 Å². The van der Waals surface area contributed by atoms with Crippen LogP contribution < -0.4 is 5.32 Å². The molecule has 0 aromatic rings. The standard InChI is InChI=1S/C11H21NO4/c1-14-6-3-7-15-8-9-16-11(13)10-4-2-5-12-10/h10,12H,2-9H2,1H3/t10-/m1/s1. The van der Waals surface area contributed by atoms with Crippen molar-refractivity contribution >= 4 is 5.97 Å². The highest BCUT2D eigenvalue weighted by atomic mass is 16.6. The van der Waals surface area contributed by atoms with Gasteiger partial charge in [-0.3, -0.25) is 4.79 Å². The molecule has 0 amide bonds. The fourth-order valence-corrected chi connectivity index (χ4v) is 1.59. The average Bonchev–Trinajstić information content (AvgIpc) is 2.81. The maximum absolute atomic E-state index is 11.4. The quantitative estimate of drug-likeness (QED) is 0.482. The summed E-state index contributed by atoms with van der Waals surface area (Å²) in [7, 11) is 1.66. The molecule has 0 radical (unpaired) electrons. The summed E-state index contributed by atoms with van der Waals surface area (Å²) < 4.78 is 15.2. The Kier molecular flexibility index (Phi) is 7.12. The summed E-state index contributed by atoms with van der Waals surface area (Å²) in [6.07, 6.45) is 2.80. The maximum Gasteiger partial charge on any atom is 0.323 e. The van der Waals surface area contributed by atoms with Crippen LogP contribution in [0.1, 0.15) is 19.3 Å². The van der Waals surface area contributed by atoms with Crippen LogP contribution in [0.4, 0.5) is 0 Å². The number of hydrogen-bond acceptors (Lipinski definition) is 5. The Hall–Kier alpha value is -0.650. The first kappa shape index (κ1) is 13.4. The van der Waals surface area contributed by atoms with Gasteiger partial charge in [-0.2, -0.15) is 0 Å². The molecule has 1 N–H and O–H groups in total. The second-order valence-corrected chi connectivity index (χ2v) is 3.78. The molecular weight excluding hydrogens is 210 g/mol. The number of nitrogens with one attached hydrogen (secondary N) is 1. The van der Waals surface area contributed by atoms with Gasteiger partial charge < -0.3 is 19.5 Å². The molecule has 1 heterocycles. The average molecular weight is 231 g/mol. The number of carbonyl (C=O) groups is 1. The van der Waals surface area contributed by atoms with Crippen molar-refractivity contribution in [3.05, 3.63) is 0 Å². The molecule has 5 nitrogen and oxygen atoms in total. The normalized spacial score (nSPS) is 19.9. The molecule has 1 aliphatic heterocycles. The number of methoxy groups -OCH3 is 1. The van der Waals surface area contributed by atoms with Gasteiger partial charge in [0.05, 0.1) is 6.61 Å². The van der Waals surface area contributed by atoms with E-state index in [0.29, 0.717) is 26.4 Å². The summed E-state index contributed by atoms with van der Waals surface area (Å²) in [5, 5.41) is 3.09. The fraction of sp³-hybridized carbons (Fsp3) is 0.909. The van der Waals surface area contributed by atoms with Crippen LogP contribution >= 0.6 is 0 Å². The number of carbonyl (C=O) groups excluding carboxylic acids is 1. The Bertz CT molecular complexity index is 192. The van der Waals surface area contributed by atoms with Crippen molar-refractivity contribution in [1.82, 2.24) is 5.32 Å². The monoisotopic (exact) mass is 231 g/mol. The number of esters is 1. The molecule has 0 aliphatic carbocycles. The first-order valence-electron chi connectivity index (χ1n) is 5.81. The predicted octanol–water partition coefficient (Wildman–Crippen LogP) is 0.335. The third-order valence-electron chi connectivity index (χ3n) is 2.45. The molecule has 0 saturated carbocycles. The Morgan fingerprint density at radius 3 is 2.88 bits per heavy atom. The van der Waals surface area contributed by atoms with Crippen molar-refractivity contribution in [2.75, 3.05) is 40.1 Å². The van der Waals surface area contributed by atoms with Crippen LogP contribution in [0.2, 0.25) is 0 Å². The van der Waals surface area contributed by atoms with E-state index in [1.807, 2.05) is 0 Å². The van der Waals surface area contributed by atoms with Crippen LogP contribution in [-0.2, 0) is 19.0 Å². The summed E-state index contributed by atoms with van der Waals surface area (Å²) in [5.74, 6) is -0.155. The van der Waals surface area contributed by atoms with Crippen molar-refractivity contribution in [3.8, 4) is 0 Å². The third-order valence-corrected chi connectivity index (χ3v) is 2.45. The zero-order valence-electron chi connectivity index (χ0n) is 9.87. The highest BCUT2D eigenvalue weighted by Gasteiger charge is 2.22. The van der Waals surface area contributed by atoms with Crippen LogP contribution in [-0.4, -0.2) is 52.1 Å². The van der Waals surface area contributed by atoms with E-state index in [4.69, 9.17) is 14.2 Å². The molecule has 0 aromatic heterocycles. The van der Waals surface area contributed by atoms with Crippen molar-refractivity contribution in [3.63, 3.8) is 0 Å². The van der Waals surface area contributed by atoms with Gasteiger partial charge in [0.2, 0.25) is 0 Å². The van der Waals surface area contributed by atoms with Gasteiger partial charge in [0.15, 0.2) is 0 Å². The van der Waals surface area contributed by atoms with E-state index >= 15 is 0 Å². The van der Waals surface area contributed by atoms with Crippen LogP contribution in [0.5, 0.6) is 0 Å². The van der Waals surface area contributed by atoms with Crippen molar-refractivity contribution < 1.29 is 19.0 Å². The van der Waals surface area contributed by atoms with Crippen molar-refractivity contribution in [2.24, 2.45) is 0 Å². The van der Waals surface area contributed by atoms with Gasteiger partial charge in [0.25, 0.3) is 0 Å². The lowest BCUT2D eigenvalue weighted by atomic mass is 10.2. The smallest absolute Gasteiger partial charge is 0.323 e. The lowest BCUT2D eigenvalue weighted by molar-refractivity contribution is -0.147. The number of ether oxygens (including phenoxy) is 3. The van der Waals surface area contributed by atoms with Crippen molar-refractivity contribution in [1.29, 1.82) is 0 Å².